The molecule has 0 fully saturated rings. The van der Waals surface area contributed by atoms with Crippen molar-refractivity contribution in [3.05, 3.63) is 74.7 Å². The quantitative estimate of drug-likeness (QED) is 0.550. The lowest BCUT2D eigenvalue weighted by molar-refractivity contribution is -0.142. The molecule has 0 aliphatic carbocycles. The number of para-hydroxylation sites is 2. The number of ether oxygens (including phenoxy) is 2. The predicted molar refractivity (Wildman–Crippen MR) is 130 cm³/mol. The lowest BCUT2D eigenvalue weighted by Crippen LogP contribution is -2.48. The molecule has 2 aliphatic rings. The minimum Gasteiger partial charge on any atom is -0.485 e. The largest absolute Gasteiger partial charge is 0.485 e. The van der Waals surface area contributed by atoms with Gasteiger partial charge < -0.3 is 19.7 Å². The molecule has 0 saturated heterocycles. The first-order chi connectivity index (χ1) is 16.9. The zero-order chi connectivity index (χ0) is 24.5. The molecule has 2 aromatic heterocycles. The van der Waals surface area contributed by atoms with Crippen LogP contribution in [0.2, 0.25) is 0 Å². The monoisotopic (exact) mass is 491 g/mol. The topological polar surface area (TPSA) is 97.8 Å². The molecular weight excluding hydrogens is 466 g/mol. The Morgan fingerprint density at radius 3 is 2.80 bits per heavy atom. The van der Waals surface area contributed by atoms with Crippen LogP contribution in [0.5, 0.6) is 11.5 Å². The standard InChI is InChI=1S/C26H25N3O5S/c1-15-20(11-28-25(31)17-9-24(16(2)30)35-14-17)19-7-8-29(12-18(19)10-27-15)26(32)23-13-33-21-5-3-4-6-22(21)34-23/h3-6,9-10,14,23H,7-8,11-13H2,1-2H3,(H,28,31)/t23-/m0/s1. The van der Waals surface area contributed by atoms with Crippen molar-refractivity contribution in [1.82, 2.24) is 15.2 Å². The molecule has 0 spiro atoms. The van der Waals surface area contributed by atoms with Crippen LogP contribution in [0.1, 0.15) is 49.3 Å². The third kappa shape index (κ3) is 4.64. The highest BCUT2D eigenvalue weighted by molar-refractivity contribution is 7.12. The highest BCUT2D eigenvalue weighted by Crippen LogP contribution is 2.32. The van der Waals surface area contributed by atoms with E-state index in [0.29, 0.717) is 48.0 Å². The summed E-state index contributed by atoms with van der Waals surface area (Å²) >= 11 is 1.27. The summed E-state index contributed by atoms with van der Waals surface area (Å²) in [5, 5.41) is 4.64. The van der Waals surface area contributed by atoms with E-state index >= 15 is 0 Å². The number of hydrogen-bond donors (Lipinski definition) is 1. The molecule has 1 aromatic carbocycles. The van der Waals surface area contributed by atoms with Gasteiger partial charge in [0.15, 0.2) is 17.3 Å². The van der Waals surface area contributed by atoms with Gasteiger partial charge in [0.25, 0.3) is 11.8 Å². The molecule has 180 valence electrons. The summed E-state index contributed by atoms with van der Waals surface area (Å²) < 4.78 is 11.6. The highest BCUT2D eigenvalue weighted by atomic mass is 32.1. The van der Waals surface area contributed by atoms with E-state index in [-0.39, 0.29) is 24.2 Å². The molecule has 35 heavy (non-hydrogen) atoms. The van der Waals surface area contributed by atoms with Crippen molar-refractivity contribution in [3.63, 3.8) is 0 Å². The van der Waals surface area contributed by atoms with Crippen molar-refractivity contribution in [3.8, 4) is 11.5 Å². The SMILES string of the molecule is CC(=O)c1cc(C(=O)NCc2c(C)ncc3c2CCN(C(=O)[C@@H]2COc4ccccc4O2)C3)cs1. The van der Waals surface area contributed by atoms with Crippen molar-refractivity contribution in [2.24, 2.45) is 0 Å². The maximum Gasteiger partial charge on any atom is 0.267 e. The van der Waals surface area contributed by atoms with Crippen LogP contribution in [0.25, 0.3) is 0 Å². The second-order valence-corrected chi connectivity index (χ2v) is 9.55. The van der Waals surface area contributed by atoms with Crippen LogP contribution < -0.4 is 14.8 Å². The van der Waals surface area contributed by atoms with E-state index in [9.17, 15) is 14.4 Å². The summed E-state index contributed by atoms with van der Waals surface area (Å²) in [6.07, 6.45) is 1.78. The van der Waals surface area contributed by atoms with E-state index in [2.05, 4.69) is 10.3 Å². The van der Waals surface area contributed by atoms with Gasteiger partial charge in [0, 0.05) is 36.9 Å². The van der Waals surface area contributed by atoms with Crippen LogP contribution in [-0.4, -0.2) is 46.7 Å². The average Bonchev–Trinajstić information content (AvgIpc) is 3.38. The Labute approximate surface area is 206 Å². The third-order valence-corrected chi connectivity index (χ3v) is 7.36. The molecule has 1 N–H and O–H groups in total. The van der Waals surface area contributed by atoms with Gasteiger partial charge in [-0.25, -0.2) is 0 Å². The van der Waals surface area contributed by atoms with Gasteiger partial charge >= 0.3 is 0 Å². The van der Waals surface area contributed by atoms with Crippen LogP contribution in [0, 0.1) is 6.92 Å². The average molecular weight is 492 g/mol. The zero-order valence-corrected chi connectivity index (χ0v) is 20.3. The van der Waals surface area contributed by atoms with E-state index in [1.54, 1.807) is 28.6 Å². The summed E-state index contributed by atoms with van der Waals surface area (Å²) in [6.45, 7) is 4.88. The molecule has 5 rings (SSSR count). The first-order valence-corrected chi connectivity index (χ1v) is 12.3. The van der Waals surface area contributed by atoms with Crippen LogP contribution in [0.3, 0.4) is 0 Å². The van der Waals surface area contributed by atoms with Gasteiger partial charge in [-0.2, -0.15) is 0 Å². The zero-order valence-electron chi connectivity index (χ0n) is 19.5. The number of rotatable bonds is 5. The minimum atomic E-state index is -0.686. The summed E-state index contributed by atoms with van der Waals surface area (Å²) in [6, 6.07) is 8.95. The van der Waals surface area contributed by atoms with Crippen LogP contribution in [0.4, 0.5) is 0 Å². The second-order valence-electron chi connectivity index (χ2n) is 8.64. The highest BCUT2D eigenvalue weighted by Gasteiger charge is 2.33. The number of amides is 2. The summed E-state index contributed by atoms with van der Waals surface area (Å²) in [4.78, 5) is 44.2. The Hall–Kier alpha value is -3.72. The van der Waals surface area contributed by atoms with Crippen molar-refractivity contribution < 1.29 is 23.9 Å². The number of aryl methyl sites for hydroxylation is 1. The van der Waals surface area contributed by atoms with Crippen molar-refractivity contribution in [2.45, 2.75) is 39.5 Å². The molecule has 0 saturated carbocycles. The van der Waals surface area contributed by atoms with Crippen LogP contribution in [-0.2, 0) is 24.3 Å². The molecule has 0 radical (unpaired) electrons. The Morgan fingerprint density at radius 2 is 2.03 bits per heavy atom. The lowest BCUT2D eigenvalue weighted by atomic mass is 9.94. The van der Waals surface area contributed by atoms with E-state index in [4.69, 9.17) is 9.47 Å². The van der Waals surface area contributed by atoms with E-state index in [1.165, 1.54) is 18.3 Å². The number of pyridine rings is 1. The van der Waals surface area contributed by atoms with Gasteiger partial charge in [-0.1, -0.05) is 12.1 Å². The van der Waals surface area contributed by atoms with Crippen molar-refractivity contribution in [2.75, 3.05) is 13.2 Å². The van der Waals surface area contributed by atoms with Gasteiger partial charge in [-0.15, -0.1) is 11.3 Å². The number of aromatic nitrogens is 1. The van der Waals surface area contributed by atoms with Gasteiger partial charge in [-0.3, -0.25) is 19.4 Å². The molecule has 1 atom stereocenters. The van der Waals surface area contributed by atoms with Crippen molar-refractivity contribution in [1.29, 1.82) is 0 Å². The number of thiophene rings is 1. The normalized spacial score (nSPS) is 16.4. The molecule has 9 heteroatoms. The number of carbonyl (C=O) groups excluding carboxylic acids is 3. The summed E-state index contributed by atoms with van der Waals surface area (Å²) in [7, 11) is 0. The number of Topliss-reactive ketones (excluding diaryl/α,β-unsaturated/α-hetero) is 1. The first kappa shape index (κ1) is 23.0. The van der Waals surface area contributed by atoms with Gasteiger partial charge in [0.2, 0.25) is 6.10 Å². The van der Waals surface area contributed by atoms with Gasteiger partial charge in [-0.05, 0) is 55.2 Å². The predicted octanol–water partition coefficient (Wildman–Crippen LogP) is 3.31. The van der Waals surface area contributed by atoms with E-state index < -0.39 is 6.10 Å². The maximum absolute atomic E-state index is 13.2. The number of ketones is 1. The Kier molecular flexibility index (Phi) is 6.25. The summed E-state index contributed by atoms with van der Waals surface area (Å²) in [5.74, 6) is 0.824. The number of fused-ring (bicyclic) bond motifs is 2. The molecule has 2 amide bonds. The smallest absolute Gasteiger partial charge is 0.267 e. The number of nitrogens with one attached hydrogen (secondary N) is 1. The first-order valence-electron chi connectivity index (χ1n) is 11.4. The van der Waals surface area contributed by atoms with E-state index in [0.717, 1.165) is 22.4 Å². The molecule has 8 nitrogen and oxygen atoms in total. The molecule has 0 unspecified atom stereocenters. The van der Waals surface area contributed by atoms with E-state index in [1.807, 2.05) is 25.1 Å². The Bertz CT molecular complexity index is 1320. The molecule has 4 heterocycles. The fraction of sp³-hybridized carbons (Fsp3) is 0.308. The lowest BCUT2D eigenvalue weighted by Gasteiger charge is -2.34. The molecule has 0 bridgehead atoms. The second kappa shape index (κ2) is 9.50. The molecular formula is C26H25N3O5S. The number of carbonyl (C=O) groups is 3. The van der Waals surface area contributed by atoms with Crippen LogP contribution in [0.15, 0.2) is 41.9 Å². The number of hydrogen-bond acceptors (Lipinski definition) is 7. The molecule has 2 aliphatic heterocycles. The van der Waals surface area contributed by atoms with Crippen molar-refractivity contribution >= 4 is 28.9 Å². The Morgan fingerprint density at radius 1 is 1.23 bits per heavy atom. The number of benzene rings is 1. The minimum absolute atomic E-state index is 0.0558. The summed E-state index contributed by atoms with van der Waals surface area (Å²) in [5.41, 5.74) is 4.37. The fourth-order valence-electron chi connectivity index (χ4n) is 4.40. The molecule has 3 aromatic rings. The Balaban J connectivity index is 1.27. The van der Waals surface area contributed by atoms with Gasteiger partial charge in [0.1, 0.15) is 6.61 Å². The third-order valence-electron chi connectivity index (χ3n) is 6.33. The van der Waals surface area contributed by atoms with Gasteiger partial charge in [0.05, 0.1) is 10.4 Å². The fourth-order valence-corrected chi connectivity index (χ4v) is 5.19. The number of nitrogens with zero attached hydrogens (tertiary/aromatic N) is 2. The maximum atomic E-state index is 13.2. The van der Waals surface area contributed by atoms with Crippen LogP contribution >= 0.6 is 11.3 Å².